The third-order valence-corrected chi connectivity index (χ3v) is 4.85. The highest BCUT2D eigenvalue weighted by atomic mass is 35.5. The van der Waals surface area contributed by atoms with Crippen molar-refractivity contribution >= 4 is 23.2 Å². The summed E-state index contributed by atoms with van der Waals surface area (Å²) in [6.45, 7) is 1.17. The Bertz CT molecular complexity index is 779. The summed E-state index contributed by atoms with van der Waals surface area (Å²) >= 11 is 5.97. The van der Waals surface area contributed by atoms with Gasteiger partial charge in [0.15, 0.2) is 0 Å². The first-order chi connectivity index (χ1) is 12.1. The van der Waals surface area contributed by atoms with E-state index >= 15 is 0 Å². The van der Waals surface area contributed by atoms with E-state index in [0.717, 1.165) is 19.3 Å². The van der Waals surface area contributed by atoms with Crippen LogP contribution in [0.25, 0.3) is 0 Å². The van der Waals surface area contributed by atoms with Crippen LogP contribution in [0.15, 0.2) is 48.5 Å². The summed E-state index contributed by atoms with van der Waals surface area (Å²) in [6.07, 6.45) is 2.93. The molecule has 1 amide bonds. The lowest BCUT2D eigenvalue weighted by molar-refractivity contribution is -0.385. The van der Waals surface area contributed by atoms with E-state index < -0.39 is 4.92 Å². The number of benzene rings is 2. The Morgan fingerprint density at radius 1 is 1.16 bits per heavy atom. The highest BCUT2D eigenvalue weighted by Crippen LogP contribution is 2.29. The molecule has 3 rings (SSSR count). The molecule has 6 heteroatoms. The number of hydrogen-bond donors (Lipinski definition) is 0. The first kappa shape index (κ1) is 17.4. The van der Waals surface area contributed by atoms with Crippen LogP contribution in [0.2, 0.25) is 5.02 Å². The largest absolute Gasteiger partial charge is 0.338 e. The topological polar surface area (TPSA) is 63.4 Å². The predicted octanol–water partition coefficient (Wildman–Crippen LogP) is 4.66. The molecule has 1 aliphatic rings. The molecular weight excluding hydrogens is 340 g/mol. The summed E-state index contributed by atoms with van der Waals surface area (Å²) < 4.78 is 0. The van der Waals surface area contributed by atoms with Gasteiger partial charge in [-0.1, -0.05) is 48.4 Å². The van der Waals surface area contributed by atoms with Crippen LogP contribution in [0.4, 0.5) is 5.69 Å². The van der Waals surface area contributed by atoms with Gasteiger partial charge in [0.2, 0.25) is 0 Å². The van der Waals surface area contributed by atoms with Crippen molar-refractivity contribution in [3.8, 4) is 0 Å². The van der Waals surface area contributed by atoms with Gasteiger partial charge in [-0.3, -0.25) is 14.9 Å². The average Bonchev–Trinajstić information content (AvgIpc) is 2.87. The van der Waals surface area contributed by atoms with E-state index in [4.69, 9.17) is 11.6 Å². The van der Waals surface area contributed by atoms with Crippen molar-refractivity contribution in [1.29, 1.82) is 0 Å². The average molecular weight is 359 g/mol. The number of carbonyl (C=O) groups excluding carboxylic acids is 1. The van der Waals surface area contributed by atoms with Crippen molar-refractivity contribution in [2.75, 3.05) is 13.1 Å². The Balaban J connectivity index is 1.88. The van der Waals surface area contributed by atoms with E-state index in [1.54, 1.807) is 4.90 Å². The van der Waals surface area contributed by atoms with Crippen molar-refractivity contribution in [3.63, 3.8) is 0 Å². The number of nitrogens with zero attached hydrogens (tertiary/aromatic N) is 2. The molecule has 0 spiro atoms. The van der Waals surface area contributed by atoms with E-state index in [1.807, 2.05) is 18.2 Å². The van der Waals surface area contributed by atoms with E-state index in [2.05, 4.69) is 12.1 Å². The monoisotopic (exact) mass is 358 g/mol. The third kappa shape index (κ3) is 3.99. The molecule has 1 unspecified atom stereocenters. The van der Waals surface area contributed by atoms with Crippen LogP contribution in [0.1, 0.15) is 41.1 Å². The number of halogens is 1. The molecule has 2 aromatic carbocycles. The molecule has 1 atom stereocenters. The van der Waals surface area contributed by atoms with E-state index in [9.17, 15) is 14.9 Å². The SMILES string of the molecule is O=C(c1cc(Cl)ccc1[N+](=O)[O-])N1CCCCC(c2ccccc2)C1. The van der Waals surface area contributed by atoms with Crippen molar-refractivity contribution in [2.45, 2.75) is 25.2 Å². The van der Waals surface area contributed by atoms with E-state index in [1.165, 1.54) is 23.8 Å². The second-order valence-electron chi connectivity index (χ2n) is 6.27. The number of hydrogen-bond acceptors (Lipinski definition) is 3. The lowest BCUT2D eigenvalue weighted by atomic mass is 9.94. The lowest BCUT2D eigenvalue weighted by Gasteiger charge is -2.25. The third-order valence-electron chi connectivity index (χ3n) is 4.62. The number of likely N-dealkylation sites (tertiary alicyclic amines) is 1. The quantitative estimate of drug-likeness (QED) is 0.592. The fourth-order valence-corrected chi connectivity index (χ4v) is 3.50. The first-order valence-electron chi connectivity index (χ1n) is 8.34. The maximum Gasteiger partial charge on any atom is 0.282 e. The smallest absolute Gasteiger partial charge is 0.282 e. The summed E-state index contributed by atoms with van der Waals surface area (Å²) in [5.41, 5.74) is 1.06. The number of rotatable bonds is 3. The fourth-order valence-electron chi connectivity index (χ4n) is 3.33. The minimum absolute atomic E-state index is 0.0613. The highest BCUT2D eigenvalue weighted by molar-refractivity contribution is 6.31. The van der Waals surface area contributed by atoms with Crippen LogP contribution in [0.5, 0.6) is 0 Å². The Kier molecular flexibility index (Phi) is 5.34. The zero-order chi connectivity index (χ0) is 17.8. The number of carbonyl (C=O) groups is 1. The van der Waals surface area contributed by atoms with Crippen LogP contribution in [0.3, 0.4) is 0 Å². The van der Waals surface area contributed by atoms with Crippen molar-refractivity contribution in [1.82, 2.24) is 4.90 Å². The van der Waals surface area contributed by atoms with Gasteiger partial charge >= 0.3 is 0 Å². The van der Waals surface area contributed by atoms with Crippen molar-refractivity contribution in [2.24, 2.45) is 0 Å². The molecule has 0 saturated carbocycles. The van der Waals surface area contributed by atoms with Gasteiger partial charge in [-0.25, -0.2) is 0 Å². The Morgan fingerprint density at radius 2 is 1.92 bits per heavy atom. The van der Waals surface area contributed by atoms with Crippen LogP contribution >= 0.6 is 11.6 Å². The summed E-state index contributed by atoms with van der Waals surface area (Å²) in [5, 5.41) is 11.6. The molecule has 25 heavy (non-hydrogen) atoms. The summed E-state index contributed by atoms with van der Waals surface area (Å²) in [6, 6.07) is 14.2. The molecule has 0 bridgehead atoms. The maximum atomic E-state index is 13.0. The molecule has 1 heterocycles. The van der Waals surface area contributed by atoms with Crippen LogP contribution < -0.4 is 0 Å². The molecule has 1 saturated heterocycles. The molecule has 0 radical (unpaired) electrons. The summed E-state index contributed by atoms with van der Waals surface area (Å²) in [7, 11) is 0. The zero-order valence-electron chi connectivity index (χ0n) is 13.7. The summed E-state index contributed by atoms with van der Waals surface area (Å²) in [5.74, 6) is -0.0806. The number of nitro groups is 1. The standard InChI is InChI=1S/C19H19ClN2O3/c20-16-9-10-18(22(24)25)17(12-16)19(23)21-11-5-4-8-15(13-21)14-6-2-1-3-7-14/h1-3,6-7,9-10,12,15H,4-5,8,11,13H2. The molecule has 2 aromatic rings. The minimum atomic E-state index is -0.532. The van der Waals surface area contributed by atoms with Crippen LogP contribution in [0, 0.1) is 10.1 Å². The highest BCUT2D eigenvalue weighted by Gasteiger charge is 2.28. The van der Waals surface area contributed by atoms with Gasteiger partial charge < -0.3 is 4.90 Å². The van der Waals surface area contributed by atoms with Gasteiger partial charge in [-0.05, 0) is 30.5 Å². The van der Waals surface area contributed by atoms with Gasteiger partial charge in [-0.15, -0.1) is 0 Å². The van der Waals surface area contributed by atoms with E-state index in [0.29, 0.717) is 18.1 Å². The molecule has 0 aliphatic carbocycles. The molecule has 0 N–H and O–H groups in total. The molecule has 1 aliphatic heterocycles. The molecule has 0 aromatic heterocycles. The Morgan fingerprint density at radius 3 is 2.64 bits per heavy atom. The minimum Gasteiger partial charge on any atom is -0.338 e. The van der Waals surface area contributed by atoms with Gasteiger partial charge in [0.05, 0.1) is 4.92 Å². The van der Waals surface area contributed by atoms with Crippen molar-refractivity contribution in [3.05, 3.63) is 74.8 Å². The summed E-state index contributed by atoms with van der Waals surface area (Å²) in [4.78, 5) is 25.4. The van der Waals surface area contributed by atoms with Gasteiger partial charge in [-0.2, -0.15) is 0 Å². The van der Waals surface area contributed by atoms with Gasteiger partial charge in [0.1, 0.15) is 5.56 Å². The van der Waals surface area contributed by atoms with Crippen LogP contribution in [-0.2, 0) is 0 Å². The van der Waals surface area contributed by atoms with Crippen LogP contribution in [-0.4, -0.2) is 28.8 Å². The molecule has 1 fully saturated rings. The van der Waals surface area contributed by atoms with Crippen molar-refractivity contribution < 1.29 is 9.72 Å². The zero-order valence-corrected chi connectivity index (χ0v) is 14.5. The predicted molar refractivity (Wildman–Crippen MR) is 97.0 cm³/mol. The Hall–Kier alpha value is -2.40. The second-order valence-corrected chi connectivity index (χ2v) is 6.71. The fraction of sp³-hybridized carbons (Fsp3) is 0.316. The molecule has 130 valence electrons. The molecule has 5 nitrogen and oxygen atoms in total. The number of nitro benzene ring substituents is 1. The van der Waals surface area contributed by atoms with Gasteiger partial charge in [0.25, 0.3) is 11.6 Å². The number of amides is 1. The molecular formula is C19H19ClN2O3. The second kappa shape index (κ2) is 7.66. The van der Waals surface area contributed by atoms with E-state index in [-0.39, 0.29) is 23.1 Å². The maximum absolute atomic E-state index is 13.0. The normalized spacial score (nSPS) is 17.8. The first-order valence-corrected chi connectivity index (χ1v) is 8.72. The Labute approximate surface area is 151 Å². The van der Waals surface area contributed by atoms with Gasteiger partial charge in [0, 0.05) is 30.1 Å². The lowest BCUT2D eigenvalue weighted by Crippen LogP contribution is -2.34.